The van der Waals surface area contributed by atoms with E-state index >= 15 is 0 Å². The molecular weight excluding hydrogens is 334 g/mol. The minimum Gasteiger partial charge on any atom is -0.467 e. The van der Waals surface area contributed by atoms with Crippen molar-refractivity contribution in [2.75, 3.05) is 7.11 Å². The summed E-state index contributed by atoms with van der Waals surface area (Å²) >= 11 is 0. The Morgan fingerprint density at radius 2 is 2.00 bits per heavy atom. The number of ether oxygens (including phenoxy) is 1. The van der Waals surface area contributed by atoms with Gasteiger partial charge in [0.2, 0.25) is 0 Å². The summed E-state index contributed by atoms with van der Waals surface area (Å²) < 4.78 is 4.70. The monoisotopic (exact) mass is 347 g/mol. The Morgan fingerprint density at radius 1 is 1.35 bits per heavy atom. The second-order valence-corrected chi connectivity index (χ2v) is 5.14. The summed E-state index contributed by atoms with van der Waals surface area (Å²) in [6.45, 7) is 0. The third-order valence-corrected chi connectivity index (χ3v) is 3.54. The van der Waals surface area contributed by atoms with Gasteiger partial charge in [-0.2, -0.15) is 10.5 Å². The van der Waals surface area contributed by atoms with Crippen LogP contribution in [-0.2, 0) is 16.0 Å². The maximum absolute atomic E-state index is 12.7. The average molecular weight is 347 g/mol. The Morgan fingerprint density at radius 3 is 2.46 bits per heavy atom. The van der Waals surface area contributed by atoms with Crippen LogP contribution in [0.15, 0.2) is 24.7 Å². The minimum absolute atomic E-state index is 0.0559. The third-order valence-electron chi connectivity index (χ3n) is 3.54. The number of esters is 1. The van der Waals surface area contributed by atoms with E-state index in [4.69, 9.17) is 11.2 Å². The number of aromatic nitrogens is 2. The van der Waals surface area contributed by atoms with Gasteiger partial charge in [-0.05, 0) is 12.1 Å². The molecule has 0 aliphatic rings. The molecule has 0 bridgehead atoms. The molecule has 128 valence electrons. The lowest BCUT2D eigenvalue weighted by Gasteiger charge is -2.17. The van der Waals surface area contributed by atoms with Crippen LogP contribution in [0, 0.1) is 35.0 Å². The highest BCUT2D eigenvalue weighted by Crippen LogP contribution is 2.17. The van der Waals surface area contributed by atoms with Crippen LogP contribution in [0.4, 0.5) is 0 Å². The van der Waals surface area contributed by atoms with Gasteiger partial charge in [-0.1, -0.05) is 5.92 Å². The molecule has 1 atom stereocenters. The van der Waals surface area contributed by atoms with Gasteiger partial charge in [0, 0.05) is 23.9 Å². The van der Waals surface area contributed by atoms with Gasteiger partial charge in [0.1, 0.15) is 18.2 Å². The Kier molecular flexibility index (Phi) is 5.71. The summed E-state index contributed by atoms with van der Waals surface area (Å²) in [4.78, 5) is 31.3. The van der Waals surface area contributed by atoms with Gasteiger partial charge in [0.05, 0.1) is 30.1 Å². The zero-order valence-corrected chi connectivity index (χ0v) is 13.7. The summed E-state index contributed by atoms with van der Waals surface area (Å²) in [5, 5.41) is 21.1. The van der Waals surface area contributed by atoms with E-state index in [-0.39, 0.29) is 23.1 Å². The number of benzene rings is 1. The third kappa shape index (κ3) is 3.87. The number of terminal acetylenes is 1. The van der Waals surface area contributed by atoms with Crippen molar-refractivity contribution < 1.29 is 14.3 Å². The van der Waals surface area contributed by atoms with Crippen molar-refractivity contribution in [3.05, 3.63) is 52.6 Å². The number of hydrogen-bond acceptors (Lipinski definition) is 6. The maximum Gasteiger partial charge on any atom is 0.328 e. The van der Waals surface area contributed by atoms with Crippen molar-refractivity contribution in [1.29, 1.82) is 10.5 Å². The van der Waals surface area contributed by atoms with Gasteiger partial charge < -0.3 is 15.0 Å². The second kappa shape index (κ2) is 8.14. The van der Waals surface area contributed by atoms with Crippen LogP contribution in [0.25, 0.3) is 0 Å². The number of carbonyl (C=O) groups is 2. The molecule has 2 aromatic rings. The number of methoxy groups -OCH3 is 1. The Labute approximate surface area is 149 Å². The highest BCUT2D eigenvalue weighted by atomic mass is 16.5. The first-order chi connectivity index (χ1) is 12.5. The molecule has 0 unspecified atom stereocenters. The predicted molar refractivity (Wildman–Crippen MR) is 89.4 cm³/mol. The molecule has 8 nitrogen and oxygen atoms in total. The maximum atomic E-state index is 12.7. The molecule has 0 saturated carbocycles. The summed E-state index contributed by atoms with van der Waals surface area (Å²) in [6, 6.07) is 5.33. The standard InChI is InChI=1S/C18H13N5O3/c1-3-11-4-12(7-19)16(13(5-11)8-20)17(24)23-15(18(25)26-2)6-14-9-21-10-22-14/h1,4-5,9-10,15H,6H2,2H3,(H,21,22)(H,23,24)/t15-/m1/s1. The van der Waals surface area contributed by atoms with Crippen molar-refractivity contribution in [2.45, 2.75) is 12.5 Å². The number of carbonyl (C=O) groups excluding carboxylic acids is 2. The zero-order valence-electron chi connectivity index (χ0n) is 13.7. The van der Waals surface area contributed by atoms with Crippen LogP contribution in [-0.4, -0.2) is 35.0 Å². The molecule has 1 aromatic carbocycles. The topological polar surface area (TPSA) is 132 Å². The van der Waals surface area contributed by atoms with Gasteiger partial charge in [-0.3, -0.25) is 4.79 Å². The number of nitrogens with zero attached hydrogens (tertiary/aromatic N) is 3. The van der Waals surface area contributed by atoms with Crippen LogP contribution in [0.2, 0.25) is 0 Å². The largest absolute Gasteiger partial charge is 0.467 e. The predicted octanol–water partition coefficient (Wildman–Crippen LogP) is 0.648. The smallest absolute Gasteiger partial charge is 0.328 e. The zero-order chi connectivity index (χ0) is 19.1. The number of H-pyrrole nitrogens is 1. The number of nitrogens with one attached hydrogen (secondary N) is 2. The molecule has 8 heteroatoms. The average Bonchev–Trinajstić information content (AvgIpc) is 3.18. The van der Waals surface area contributed by atoms with Crippen LogP contribution in [0.5, 0.6) is 0 Å². The number of nitriles is 2. The summed E-state index contributed by atoms with van der Waals surface area (Å²) in [7, 11) is 1.19. The van der Waals surface area contributed by atoms with Crippen LogP contribution in [0.3, 0.4) is 0 Å². The molecule has 0 aliphatic heterocycles. The summed E-state index contributed by atoms with van der Waals surface area (Å²) in [6.07, 6.45) is 8.34. The number of rotatable bonds is 5. The first-order valence-electron chi connectivity index (χ1n) is 7.34. The molecule has 26 heavy (non-hydrogen) atoms. The molecule has 1 amide bonds. The molecule has 0 saturated heterocycles. The lowest BCUT2D eigenvalue weighted by Crippen LogP contribution is -2.43. The summed E-state index contributed by atoms with van der Waals surface area (Å²) in [5.41, 5.74) is 0.646. The van der Waals surface area contributed by atoms with E-state index in [0.717, 1.165) is 0 Å². The fraction of sp³-hybridized carbons (Fsp3) is 0.167. The first-order valence-corrected chi connectivity index (χ1v) is 7.34. The van der Waals surface area contributed by atoms with E-state index in [9.17, 15) is 20.1 Å². The van der Waals surface area contributed by atoms with Gasteiger partial charge in [-0.25, -0.2) is 9.78 Å². The number of amides is 1. The van der Waals surface area contributed by atoms with Gasteiger partial charge in [0.15, 0.2) is 0 Å². The van der Waals surface area contributed by atoms with Crippen LogP contribution < -0.4 is 5.32 Å². The van der Waals surface area contributed by atoms with E-state index in [1.165, 1.54) is 31.8 Å². The number of hydrogen-bond donors (Lipinski definition) is 2. The van der Waals surface area contributed by atoms with Crippen molar-refractivity contribution in [2.24, 2.45) is 0 Å². The van der Waals surface area contributed by atoms with E-state index < -0.39 is 17.9 Å². The van der Waals surface area contributed by atoms with E-state index in [1.54, 1.807) is 0 Å². The second-order valence-electron chi connectivity index (χ2n) is 5.14. The highest BCUT2D eigenvalue weighted by Gasteiger charge is 2.26. The van der Waals surface area contributed by atoms with E-state index in [1.807, 2.05) is 12.1 Å². The molecule has 0 fully saturated rings. The lowest BCUT2D eigenvalue weighted by molar-refractivity contribution is -0.142. The highest BCUT2D eigenvalue weighted by molar-refractivity contribution is 6.01. The normalized spacial score (nSPS) is 10.7. The van der Waals surface area contributed by atoms with Gasteiger partial charge in [0.25, 0.3) is 5.91 Å². The van der Waals surface area contributed by atoms with Gasteiger partial charge in [-0.15, -0.1) is 6.42 Å². The number of imidazole rings is 1. The molecule has 1 aromatic heterocycles. The fourth-order valence-electron chi connectivity index (χ4n) is 2.33. The number of aromatic amines is 1. The summed E-state index contributed by atoms with van der Waals surface area (Å²) in [5.74, 6) is 0.892. The van der Waals surface area contributed by atoms with Crippen molar-refractivity contribution in [1.82, 2.24) is 15.3 Å². The Balaban J connectivity index is 2.38. The molecule has 2 N–H and O–H groups in total. The van der Waals surface area contributed by atoms with Gasteiger partial charge >= 0.3 is 5.97 Å². The quantitative estimate of drug-likeness (QED) is 0.603. The molecule has 0 radical (unpaired) electrons. The molecule has 0 spiro atoms. The molecular formula is C18H13N5O3. The molecule has 2 rings (SSSR count). The SMILES string of the molecule is C#Cc1cc(C#N)c(C(=O)N[C@H](Cc2cnc[nH]2)C(=O)OC)c(C#N)c1. The Hall–Kier alpha value is -4.09. The van der Waals surface area contributed by atoms with Crippen molar-refractivity contribution in [3.63, 3.8) is 0 Å². The van der Waals surface area contributed by atoms with Crippen molar-refractivity contribution >= 4 is 11.9 Å². The molecule has 1 heterocycles. The fourth-order valence-corrected chi connectivity index (χ4v) is 2.33. The van der Waals surface area contributed by atoms with E-state index in [0.29, 0.717) is 11.3 Å². The Bertz CT molecular complexity index is 923. The lowest BCUT2D eigenvalue weighted by atomic mass is 9.97. The first kappa shape index (κ1) is 18.3. The minimum atomic E-state index is -1.03. The van der Waals surface area contributed by atoms with Crippen LogP contribution >= 0.6 is 0 Å². The van der Waals surface area contributed by atoms with Crippen molar-refractivity contribution in [3.8, 4) is 24.5 Å². The molecule has 0 aliphatic carbocycles. The van der Waals surface area contributed by atoms with E-state index in [2.05, 4.69) is 21.2 Å². The van der Waals surface area contributed by atoms with Crippen LogP contribution in [0.1, 0.15) is 32.7 Å².